The lowest BCUT2D eigenvalue weighted by atomic mass is 9.43. The standard InChI is InChI=1S/C43H62BClN10O10/c1-22(56)34(53-37(60)28(7-5-6-17-46)51-33(58)16-18-50-36(59)25-10-8-23(9-11-25)24-12-14-27(45)15-13-24)39(62)54-35(48)40(63)52-29(21-32(47)57)38(61)55-41(49)44-64-31-20-26-19-30(42(26,2)3)43(31,4)65-44/h8-15,22,26,28-31,34-35,41,56H,5-7,16-21,46,48-49H2,1-4H3,(H2,47,57)(H,50,59)(H,51,58)(H,52,63)(H,53,60)(H,54,62)(H,55,61)/t22-,26+,28+,29?,30+,31?,34+,35-,41-,43+/m1/s1. The van der Waals surface area contributed by atoms with E-state index in [0.29, 0.717) is 35.9 Å². The molecular weight excluding hydrogens is 863 g/mol. The fourth-order valence-electron chi connectivity index (χ4n) is 8.90. The predicted molar refractivity (Wildman–Crippen MR) is 240 cm³/mol. The molecule has 22 heteroatoms. The van der Waals surface area contributed by atoms with Crippen molar-refractivity contribution in [2.45, 2.75) is 121 Å². The number of amides is 7. The zero-order chi connectivity index (χ0) is 47.8. The molecule has 0 aromatic heterocycles. The highest BCUT2D eigenvalue weighted by atomic mass is 35.5. The Morgan fingerprint density at radius 3 is 2.06 bits per heavy atom. The predicted octanol–water partition coefficient (Wildman–Crippen LogP) is -0.964. The molecule has 3 aliphatic carbocycles. The lowest BCUT2D eigenvalue weighted by Gasteiger charge is -2.64. The summed E-state index contributed by atoms with van der Waals surface area (Å²) in [5.74, 6) is -5.19. The van der Waals surface area contributed by atoms with Gasteiger partial charge in [0.1, 0.15) is 24.2 Å². The zero-order valence-electron chi connectivity index (χ0n) is 37.1. The first-order valence-corrected chi connectivity index (χ1v) is 22.2. The summed E-state index contributed by atoms with van der Waals surface area (Å²) in [7, 11) is -1.01. The van der Waals surface area contributed by atoms with Gasteiger partial charge in [0.2, 0.25) is 29.5 Å². The Labute approximate surface area is 383 Å². The smallest absolute Gasteiger partial charge is 0.403 e. The molecular formula is C43H62BClN10O10. The number of benzene rings is 2. The Morgan fingerprint density at radius 2 is 1.46 bits per heavy atom. The number of nitrogens with two attached hydrogens (primary N) is 4. The molecule has 10 atom stereocenters. The molecule has 20 nitrogen and oxygen atoms in total. The molecule has 15 N–H and O–H groups in total. The highest BCUT2D eigenvalue weighted by Crippen LogP contribution is 2.65. The lowest BCUT2D eigenvalue weighted by Crippen LogP contribution is -2.65. The van der Waals surface area contributed by atoms with Crippen molar-refractivity contribution in [2.75, 3.05) is 13.1 Å². The van der Waals surface area contributed by atoms with Gasteiger partial charge in [-0.05, 0) is 105 Å². The highest BCUT2D eigenvalue weighted by molar-refractivity contribution is 6.47. The van der Waals surface area contributed by atoms with Gasteiger partial charge in [0, 0.05) is 23.6 Å². The van der Waals surface area contributed by atoms with Crippen LogP contribution in [0.2, 0.25) is 5.02 Å². The van der Waals surface area contributed by atoms with Crippen molar-refractivity contribution in [1.82, 2.24) is 31.9 Å². The maximum Gasteiger partial charge on any atom is 0.497 e. The fraction of sp³-hybridized carbons (Fsp3) is 0.558. The Bertz CT molecular complexity index is 2060. The Balaban J connectivity index is 1.11. The van der Waals surface area contributed by atoms with Crippen LogP contribution in [0.15, 0.2) is 48.5 Å². The molecule has 2 aromatic rings. The van der Waals surface area contributed by atoms with E-state index in [1.54, 1.807) is 36.4 Å². The molecule has 0 radical (unpaired) electrons. The minimum Gasteiger partial charge on any atom is -0.403 e. The molecule has 2 aromatic carbocycles. The van der Waals surface area contributed by atoms with Crippen molar-refractivity contribution < 1.29 is 48.0 Å². The van der Waals surface area contributed by atoms with E-state index in [0.717, 1.165) is 24.0 Å². The number of rotatable bonds is 22. The van der Waals surface area contributed by atoms with E-state index in [9.17, 15) is 38.7 Å². The second kappa shape index (κ2) is 21.9. The monoisotopic (exact) mass is 924 g/mol. The normalized spacial score (nSPS) is 23.2. The molecule has 1 saturated heterocycles. The molecule has 6 rings (SSSR count). The number of unbranched alkanes of at least 4 members (excludes halogenated alkanes) is 1. The molecule has 4 fully saturated rings. The quantitative estimate of drug-likeness (QED) is 0.0386. The number of primary amides is 1. The summed E-state index contributed by atoms with van der Waals surface area (Å²) in [6.45, 7) is 7.83. The number of halogens is 1. The van der Waals surface area contributed by atoms with Crippen LogP contribution in [-0.4, -0.2) is 115 Å². The van der Waals surface area contributed by atoms with E-state index in [2.05, 4.69) is 45.7 Å². The molecule has 1 aliphatic heterocycles. The van der Waals surface area contributed by atoms with E-state index in [1.807, 2.05) is 19.1 Å². The van der Waals surface area contributed by atoms with Crippen LogP contribution in [0.3, 0.4) is 0 Å². The maximum atomic E-state index is 13.5. The third-order valence-corrected chi connectivity index (χ3v) is 13.1. The third kappa shape index (κ3) is 12.6. The summed E-state index contributed by atoms with van der Waals surface area (Å²) < 4.78 is 12.4. The Morgan fingerprint density at radius 1 is 0.831 bits per heavy atom. The number of nitrogens with one attached hydrogen (secondary N) is 6. The van der Waals surface area contributed by atoms with Gasteiger partial charge < -0.3 is 69.3 Å². The SMILES string of the molecule is C[C@@H](O)[C@H](NC(=O)[C@H](CCCCN)NC(=O)CCNC(=O)c1ccc(-c2ccc(Cl)cc2)cc1)C(=O)N[C@@H](N)C(=O)NC(CC(N)=O)C(=O)N[C@@H](N)B1OC2C[C@@H]3C[C@@H](C3(C)C)[C@]2(C)O1. The van der Waals surface area contributed by atoms with Crippen LogP contribution in [0, 0.1) is 17.3 Å². The van der Waals surface area contributed by atoms with Gasteiger partial charge >= 0.3 is 7.12 Å². The Hall–Kier alpha value is -5.16. The van der Waals surface area contributed by atoms with E-state index >= 15 is 0 Å². The van der Waals surface area contributed by atoms with Crippen molar-refractivity contribution >= 4 is 60.1 Å². The molecule has 4 aliphatic rings. The van der Waals surface area contributed by atoms with Crippen molar-refractivity contribution in [2.24, 2.45) is 40.2 Å². The number of carbonyl (C=O) groups excluding carboxylic acids is 7. The molecule has 65 heavy (non-hydrogen) atoms. The highest BCUT2D eigenvalue weighted by Gasteiger charge is 2.68. The van der Waals surface area contributed by atoms with Gasteiger partial charge in [0.05, 0.1) is 24.2 Å². The summed E-state index contributed by atoms with van der Waals surface area (Å²) in [5, 5.41) is 25.8. The van der Waals surface area contributed by atoms with Gasteiger partial charge in [-0.2, -0.15) is 0 Å². The van der Waals surface area contributed by atoms with Gasteiger partial charge in [-0.3, -0.25) is 33.6 Å². The van der Waals surface area contributed by atoms with E-state index < -0.39 is 97.0 Å². The third-order valence-electron chi connectivity index (χ3n) is 12.8. The zero-order valence-corrected chi connectivity index (χ0v) is 37.8. The molecule has 354 valence electrons. The van der Waals surface area contributed by atoms with Crippen LogP contribution in [0.25, 0.3) is 11.1 Å². The summed E-state index contributed by atoms with van der Waals surface area (Å²) in [4.78, 5) is 91.2. The second-order valence-electron chi connectivity index (χ2n) is 17.8. The van der Waals surface area contributed by atoms with Gasteiger partial charge in [0.15, 0.2) is 6.17 Å². The van der Waals surface area contributed by atoms with Crippen LogP contribution >= 0.6 is 11.6 Å². The van der Waals surface area contributed by atoms with Crippen molar-refractivity contribution in [3.63, 3.8) is 0 Å². The molecule has 0 spiro atoms. The van der Waals surface area contributed by atoms with Crippen LogP contribution < -0.4 is 54.8 Å². The number of aliphatic hydroxyl groups excluding tert-OH is 1. The van der Waals surface area contributed by atoms with Gasteiger partial charge in [0.25, 0.3) is 11.8 Å². The van der Waals surface area contributed by atoms with Gasteiger partial charge in [-0.25, -0.2) is 0 Å². The summed E-state index contributed by atoms with van der Waals surface area (Å²) in [5.41, 5.74) is 24.9. The van der Waals surface area contributed by atoms with E-state index in [-0.39, 0.29) is 36.8 Å². The summed E-state index contributed by atoms with van der Waals surface area (Å²) in [6, 6.07) is 8.50. The van der Waals surface area contributed by atoms with Crippen LogP contribution in [0.5, 0.6) is 0 Å². The van der Waals surface area contributed by atoms with E-state index in [1.165, 1.54) is 6.92 Å². The van der Waals surface area contributed by atoms with Crippen LogP contribution in [0.1, 0.15) is 83.0 Å². The number of hydrogen-bond donors (Lipinski definition) is 11. The molecule has 3 saturated carbocycles. The van der Waals surface area contributed by atoms with Crippen molar-refractivity contribution in [3.05, 3.63) is 59.1 Å². The first-order chi connectivity index (χ1) is 30.6. The van der Waals surface area contributed by atoms with Gasteiger partial charge in [-0.1, -0.05) is 49.7 Å². The minimum atomic E-state index is -1.85. The fourth-order valence-corrected chi connectivity index (χ4v) is 9.03. The summed E-state index contributed by atoms with van der Waals surface area (Å²) in [6.07, 6.45) is -1.65. The average Bonchev–Trinajstić information content (AvgIpc) is 3.62. The number of carbonyl (C=O) groups is 7. The van der Waals surface area contributed by atoms with Crippen LogP contribution in [0.4, 0.5) is 0 Å². The molecule has 2 unspecified atom stereocenters. The first kappa shape index (κ1) is 50.8. The number of aliphatic hydroxyl groups is 1. The Kier molecular flexibility index (Phi) is 17.1. The minimum absolute atomic E-state index is 0.0588. The summed E-state index contributed by atoms with van der Waals surface area (Å²) >= 11 is 5.97. The maximum absolute atomic E-state index is 13.5. The van der Waals surface area contributed by atoms with E-state index in [4.69, 9.17) is 43.8 Å². The first-order valence-electron chi connectivity index (χ1n) is 21.8. The number of hydrogen-bond acceptors (Lipinski definition) is 13. The molecule has 2 bridgehead atoms. The molecule has 1 heterocycles. The van der Waals surface area contributed by atoms with Crippen molar-refractivity contribution in [3.8, 4) is 11.1 Å². The molecule has 7 amide bonds. The lowest BCUT2D eigenvalue weighted by molar-refractivity contribution is -0.199. The van der Waals surface area contributed by atoms with Crippen LogP contribution in [-0.2, 0) is 38.1 Å². The second-order valence-corrected chi connectivity index (χ2v) is 18.2. The van der Waals surface area contributed by atoms with Crippen molar-refractivity contribution in [1.29, 1.82) is 0 Å². The van der Waals surface area contributed by atoms with Gasteiger partial charge in [-0.15, -0.1) is 0 Å². The largest absolute Gasteiger partial charge is 0.497 e. The topological polar surface area (TPSA) is 334 Å². The average molecular weight is 925 g/mol.